The van der Waals surface area contributed by atoms with Crippen LogP contribution in [0.25, 0.3) is 10.6 Å². The lowest BCUT2D eigenvalue weighted by molar-refractivity contribution is -0.385. The van der Waals surface area contributed by atoms with E-state index >= 15 is 0 Å². The monoisotopic (exact) mass is 355 g/mol. The highest BCUT2D eigenvalue weighted by Gasteiger charge is 2.14. The largest absolute Gasteiger partial charge is 0.490 e. The molecule has 0 atom stereocenters. The van der Waals surface area contributed by atoms with Gasteiger partial charge in [0.05, 0.1) is 17.7 Å². The van der Waals surface area contributed by atoms with E-state index in [9.17, 15) is 10.1 Å². The summed E-state index contributed by atoms with van der Waals surface area (Å²) in [6.45, 7) is 0.679. The van der Waals surface area contributed by atoms with Gasteiger partial charge in [-0.05, 0) is 6.07 Å². The number of nitrogens with zero attached hydrogens (tertiary/aromatic N) is 2. The average Bonchev–Trinajstić information content (AvgIpc) is 3.11. The number of rotatable bonds is 7. The van der Waals surface area contributed by atoms with Crippen molar-refractivity contribution in [1.29, 1.82) is 0 Å². The van der Waals surface area contributed by atoms with Crippen molar-refractivity contribution >= 4 is 22.7 Å². The molecule has 1 N–H and O–H groups in total. The quantitative estimate of drug-likeness (QED) is 0.503. The highest BCUT2D eigenvalue weighted by Crippen LogP contribution is 2.29. The number of nitrogens with one attached hydrogen (secondary N) is 1. The first-order chi connectivity index (χ1) is 12.2. The van der Waals surface area contributed by atoms with Crippen LogP contribution in [-0.4, -0.2) is 23.6 Å². The van der Waals surface area contributed by atoms with Gasteiger partial charge < -0.3 is 10.1 Å². The van der Waals surface area contributed by atoms with Crippen LogP contribution in [0, 0.1) is 10.1 Å². The molecule has 128 valence electrons. The second-order valence-corrected chi connectivity index (χ2v) is 6.19. The Balaban J connectivity index is 1.60. The first kappa shape index (κ1) is 16.9. The van der Waals surface area contributed by atoms with Gasteiger partial charge in [-0.25, -0.2) is 4.98 Å². The highest BCUT2D eigenvalue weighted by atomic mass is 32.1. The van der Waals surface area contributed by atoms with E-state index in [0.29, 0.717) is 6.54 Å². The Hall–Kier alpha value is -2.93. The van der Waals surface area contributed by atoms with E-state index in [1.165, 1.54) is 13.2 Å². The van der Waals surface area contributed by atoms with Crippen molar-refractivity contribution in [3.63, 3.8) is 0 Å². The molecule has 0 radical (unpaired) electrons. The number of hydrogen-bond acceptors (Lipinski definition) is 6. The van der Waals surface area contributed by atoms with E-state index < -0.39 is 4.92 Å². The van der Waals surface area contributed by atoms with Crippen LogP contribution in [0.2, 0.25) is 0 Å². The van der Waals surface area contributed by atoms with Crippen molar-refractivity contribution in [2.24, 2.45) is 0 Å². The van der Waals surface area contributed by atoms with E-state index in [-0.39, 0.29) is 11.4 Å². The molecule has 0 saturated carbocycles. The van der Waals surface area contributed by atoms with E-state index in [4.69, 9.17) is 4.74 Å². The molecule has 0 unspecified atom stereocenters. The van der Waals surface area contributed by atoms with Gasteiger partial charge >= 0.3 is 5.69 Å². The first-order valence-electron chi connectivity index (χ1n) is 7.73. The van der Waals surface area contributed by atoms with Crippen LogP contribution in [0.15, 0.2) is 53.9 Å². The van der Waals surface area contributed by atoms with Crippen LogP contribution in [-0.2, 0) is 6.42 Å². The van der Waals surface area contributed by atoms with Gasteiger partial charge in [-0.2, -0.15) is 0 Å². The number of nitro groups is 1. The standard InChI is InChI=1S/C18H17N3O3S/c1-24-17-11-14(7-8-16(17)21(22)23)19-10-9-15-12-25-18(20-15)13-5-3-2-4-6-13/h2-8,11-12,19H,9-10H2,1H3. The van der Waals surface area contributed by atoms with Crippen LogP contribution in [0.3, 0.4) is 0 Å². The maximum Gasteiger partial charge on any atom is 0.311 e. The topological polar surface area (TPSA) is 77.3 Å². The molecule has 0 saturated heterocycles. The summed E-state index contributed by atoms with van der Waals surface area (Å²) in [4.78, 5) is 15.1. The molecule has 1 heterocycles. The summed E-state index contributed by atoms with van der Waals surface area (Å²) >= 11 is 1.63. The molecule has 0 fully saturated rings. The number of methoxy groups -OCH3 is 1. The number of hydrogen-bond donors (Lipinski definition) is 1. The summed E-state index contributed by atoms with van der Waals surface area (Å²) < 4.78 is 5.07. The van der Waals surface area contributed by atoms with E-state index in [1.807, 2.05) is 30.3 Å². The third kappa shape index (κ3) is 4.13. The number of thiazole rings is 1. The Morgan fingerprint density at radius 2 is 2.04 bits per heavy atom. The summed E-state index contributed by atoms with van der Waals surface area (Å²) in [6.07, 6.45) is 0.767. The minimum atomic E-state index is -0.455. The summed E-state index contributed by atoms with van der Waals surface area (Å²) in [5, 5.41) is 17.2. The van der Waals surface area contributed by atoms with Crippen molar-refractivity contribution in [1.82, 2.24) is 4.98 Å². The Kier molecular flexibility index (Phi) is 5.25. The van der Waals surface area contributed by atoms with Gasteiger partial charge in [0.25, 0.3) is 0 Å². The molecule has 25 heavy (non-hydrogen) atoms. The summed E-state index contributed by atoms with van der Waals surface area (Å²) in [5.41, 5.74) is 2.87. The number of aromatic nitrogens is 1. The first-order valence-corrected chi connectivity index (χ1v) is 8.61. The summed E-state index contributed by atoms with van der Waals surface area (Å²) in [5.74, 6) is 0.245. The molecule has 3 aromatic rings. The van der Waals surface area contributed by atoms with E-state index in [0.717, 1.165) is 28.4 Å². The normalized spacial score (nSPS) is 10.4. The van der Waals surface area contributed by atoms with Crippen LogP contribution >= 0.6 is 11.3 Å². The second kappa shape index (κ2) is 7.76. The van der Waals surface area contributed by atoms with Gasteiger partial charge in [-0.1, -0.05) is 30.3 Å². The smallest absolute Gasteiger partial charge is 0.311 e. The van der Waals surface area contributed by atoms with E-state index in [2.05, 4.69) is 15.7 Å². The lowest BCUT2D eigenvalue weighted by Crippen LogP contribution is -2.05. The van der Waals surface area contributed by atoms with Crippen molar-refractivity contribution in [2.45, 2.75) is 6.42 Å². The fraction of sp³-hybridized carbons (Fsp3) is 0.167. The van der Waals surface area contributed by atoms with Crippen molar-refractivity contribution in [2.75, 3.05) is 19.0 Å². The molecule has 0 aliphatic heterocycles. The highest BCUT2D eigenvalue weighted by molar-refractivity contribution is 7.13. The number of benzene rings is 2. The van der Waals surface area contributed by atoms with Gasteiger partial charge in [-0.15, -0.1) is 11.3 Å². The fourth-order valence-corrected chi connectivity index (χ4v) is 3.27. The number of nitro benzene ring substituents is 1. The van der Waals surface area contributed by atoms with Gasteiger partial charge in [0, 0.05) is 41.7 Å². The zero-order valence-electron chi connectivity index (χ0n) is 13.6. The summed E-state index contributed by atoms with van der Waals surface area (Å²) in [6, 6.07) is 14.8. The van der Waals surface area contributed by atoms with Gasteiger partial charge in [0.2, 0.25) is 0 Å². The predicted octanol–water partition coefficient (Wildman–Crippen LogP) is 4.38. The molecule has 6 nitrogen and oxygen atoms in total. The van der Waals surface area contributed by atoms with Crippen LogP contribution in [0.1, 0.15) is 5.69 Å². The fourth-order valence-electron chi connectivity index (χ4n) is 2.41. The van der Waals surface area contributed by atoms with Gasteiger partial charge in [0.1, 0.15) is 5.01 Å². The third-order valence-electron chi connectivity index (χ3n) is 3.66. The Bertz CT molecular complexity index is 865. The van der Waals surface area contributed by atoms with E-state index in [1.54, 1.807) is 23.5 Å². The zero-order chi connectivity index (χ0) is 17.6. The minimum absolute atomic E-state index is 0.0416. The number of ether oxygens (including phenoxy) is 1. The minimum Gasteiger partial charge on any atom is -0.490 e. The average molecular weight is 355 g/mol. The SMILES string of the molecule is COc1cc(NCCc2csc(-c3ccccc3)n2)ccc1[N+](=O)[O-]. The second-order valence-electron chi connectivity index (χ2n) is 5.33. The van der Waals surface area contributed by atoms with Crippen LogP contribution < -0.4 is 10.1 Å². The maximum atomic E-state index is 10.9. The molecule has 0 aliphatic carbocycles. The lowest BCUT2D eigenvalue weighted by Gasteiger charge is -2.07. The molecule has 7 heteroatoms. The Labute approximate surface area is 149 Å². The zero-order valence-corrected chi connectivity index (χ0v) is 14.5. The Morgan fingerprint density at radius 3 is 2.76 bits per heavy atom. The third-order valence-corrected chi connectivity index (χ3v) is 4.60. The van der Waals surface area contributed by atoms with Crippen LogP contribution in [0.4, 0.5) is 11.4 Å². The number of anilines is 1. The molecule has 0 aliphatic rings. The molecular weight excluding hydrogens is 338 g/mol. The summed E-state index contributed by atoms with van der Waals surface area (Å²) in [7, 11) is 1.42. The molecule has 0 bridgehead atoms. The van der Waals surface area contributed by atoms with Crippen molar-refractivity contribution in [3.05, 3.63) is 69.7 Å². The molecule has 0 amide bonds. The molecule has 1 aromatic heterocycles. The van der Waals surface area contributed by atoms with Crippen molar-refractivity contribution < 1.29 is 9.66 Å². The maximum absolute atomic E-state index is 10.9. The van der Waals surface area contributed by atoms with Gasteiger partial charge in [0.15, 0.2) is 5.75 Å². The predicted molar refractivity (Wildman–Crippen MR) is 99.4 cm³/mol. The van der Waals surface area contributed by atoms with Crippen LogP contribution in [0.5, 0.6) is 5.75 Å². The molecular formula is C18H17N3O3S. The molecule has 2 aromatic carbocycles. The van der Waals surface area contributed by atoms with Gasteiger partial charge in [-0.3, -0.25) is 10.1 Å². The Morgan fingerprint density at radius 1 is 1.24 bits per heavy atom. The molecule has 3 rings (SSSR count). The van der Waals surface area contributed by atoms with Crippen molar-refractivity contribution in [3.8, 4) is 16.3 Å². The molecule has 0 spiro atoms. The lowest BCUT2D eigenvalue weighted by atomic mass is 10.2.